The standard InChI is InChI=1S/C14H16N2O5S/c1-3-4-5-10(14(18)19)15-13(17)9-6-7-12(22-2)11(8-9)16(20)21/h3,6-8,10H,1,4-5H2,2H3,(H,15,17)(H,18,19). The average Bonchev–Trinajstić information content (AvgIpc) is 2.50. The lowest BCUT2D eigenvalue weighted by atomic mass is 10.1. The number of allylic oxidation sites excluding steroid dienone is 1. The zero-order chi connectivity index (χ0) is 16.7. The summed E-state index contributed by atoms with van der Waals surface area (Å²) >= 11 is 1.20. The Morgan fingerprint density at radius 1 is 1.55 bits per heavy atom. The van der Waals surface area contributed by atoms with E-state index in [9.17, 15) is 19.7 Å². The highest BCUT2D eigenvalue weighted by Gasteiger charge is 2.22. The van der Waals surface area contributed by atoms with Crippen LogP contribution in [0.5, 0.6) is 0 Å². The van der Waals surface area contributed by atoms with Gasteiger partial charge in [0.25, 0.3) is 11.6 Å². The van der Waals surface area contributed by atoms with Crippen molar-refractivity contribution in [3.8, 4) is 0 Å². The number of carboxylic acids is 1. The maximum atomic E-state index is 12.1. The van der Waals surface area contributed by atoms with Gasteiger partial charge in [0.15, 0.2) is 0 Å². The van der Waals surface area contributed by atoms with Crippen LogP contribution in [0.2, 0.25) is 0 Å². The number of nitrogens with zero attached hydrogens (tertiary/aromatic N) is 1. The largest absolute Gasteiger partial charge is 0.480 e. The molecule has 1 unspecified atom stereocenters. The number of carbonyl (C=O) groups excluding carboxylic acids is 1. The number of rotatable bonds is 8. The van der Waals surface area contributed by atoms with Crippen molar-refractivity contribution < 1.29 is 19.6 Å². The first-order valence-electron chi connectivity index (χ1n) is 6.37. The number of thioether (sulfide) groups is 1. The Morgan fingerprint density at radius 2 is 2.23 bits per heavy atom. The molecule has 2 N–H and O–H groups in total. The molecule has 1 amide bonds. The number of carboxylic acid groups (broad SMARTS) is 1. The lowest BCUT2D eigenvalue weighted by molar-refractivity contribution is -0.387. The molecule has 7 nitrogen and oxygen atoms in total. The van der Waals surface area contributed by atoms with Gasteiger partial charge in [0.1, 0.15) is 6.04 Å². The number of nitrogens with one attached hydrogen (secondary N) is 1. The molecular weight excluding hydrogens is 308 g/mol. The Hall–Kier alpha value is -2.35. The number of amides is 1. The van der Waals surface area contributed by atoms with Crippen molar-refractivity contribution in [2.75, 3.05) is 6.26 Å². The second kappa shape index (κ2) is 8.18. The van der Waals surface area contributed by atoms with Gasteiger partial charge >= 0.3 is 5.97 Å². The highest BCUT2D eigenvalue weighted by molar-refractivity contribution is 7.98. The molecule has 0 aliphatic heterocycles. The fraction of sp³-hybridized carbons (Fsp3) is 0.286. The number of benzene rings is 1. The molecule has 0 spiro atoms. The monoisotopic (exact) mass is 324 g/mol. The van der Waals surface area contributed by atoms with E-state index in [0.29, 0.717) is 11.3 Å². The fourth-order valence-electron chi connectivity index (χ4n) is 1.76. The van der Waals surface area contributed by atoms with Gasteiger partial charge in [0.2, 0.25) is 0 Å². The van der Waals surface area contributed by atoms with E-state index in [-0.39, 0.29) is 17.7 Å². The minimum Gasteiger partial charge on any atom is -0.480 e. The highest BCUT2D eigenvalue weighted by atomic mass is 32.2. The van der Waals surface area contributed by atoms with Gasteiger partial charge in [-0.15, -0.1) is 18.3 Å². The van der Waals surface area contributed by atoms with Crippen molar-refractivity contribution in [1.29, 1.82) is 0 Å². The quantitative estimate of drug-likeness (QED) is 0.329. The number of carbonyl (C=O) groups is 2. The van der Waals surface area contributed by atoms with Crippen LogP contribution in [0, 0.1) is 10.1 Å². The van der Waals surface area contributed by atoms with Gasteiger partial charge in [-0.05, 0) is 31.2 Å². The summed E-state index contributed by atoms with van der Waals surface area (Å²) in [7, 11) is 0. The summed E-state index contributed by atoms with van der Waals surface area (Å²) in [6.45, 7) is 3.50. The molecule has 0 aliphatic rings. The van der Waals surface area contributed by atoms with Crippen molar-refractivity contribution in [3.05, 3.63) is 46.5 Å². The molecule has 0 saturated heterocycles. The lowest BCUT2D eigenvalue weighted by Gasteiger charge is -2.13. The summed E-state index contributed by atoms with van der Waals surface area (Å²) in [4.78, 5) is 34.0. The van der Waals surface area contributed by atoms with Crippen molar-refractivity contribution in [2.24, 2.45) is 0 Å². The Kier molecular flexibility index (Phi) is 6.58. The van der Waals surface area contributed by atoms with Gasteiger partial charge in [-0.3, -0.25) is 14.9 Å². The maximum absolute atomic E-state index is 12.1. The molecule has 22 heavy (non-hydrogen) atoms. The predicted octanol–water partition coefficient (Wildman–Crippen LogP) is 2.47. The number of aliphatic carboxylic acids is 1. The lowest BCUT2D eigenvalue weighted by Crippen LogP contribution is -2.40. The molecule has 0 bridgehead atoms. The first kappa shape index (κ1) is 17.7. The highest BCUT2D eigenvalue weighted by Crippen LogP contribution is 2.28. The summed E-state index contributed by atoms with van der Waals surface area (Å²) in [5.41, 5.74) is -0.132. The van der Waals surface area contributed by atoms with Gasteiger partial charge in [0.05, 0.1) is 9.82 Å². The van der Waals surface area contributed by atoms with Crippen molar-refractivity contribution >= 4 is 29.3 Å². The Bertz CT molecular complexity index is 603. The zero-order valence-corrected chi connectivity index (χ0v) is 12.8. The molecule has 1 aromatic rings. The first-order valence-corrected chi connectivity index (χ1v) is 7.60. The molecule has 0 radical (unpaired) electrons. The van der Waals surface area contributed by atoms with E-state index in [1.54, 1.807) is 12.3 Å². The predicted molar refractivity (Wildman–Crippen MR) is 83.2 cm³/mol. The van der Waals surface area contributed by atoms with E-state index in [4.69, 9.17) is 5.11 Å². The molecule has 0 heterocycles. The molecule has 0 fully saturated rings. The van der Waals surface area contributed by atoms with Crippen LogP contribution in [-0.4, -0.2) is 34.2 Å². The van der Waals surface area contributed by atoms with Crippen LogP contribution in [0.25, 0.3) is 0 Å². The fourth-order valence-corrected chi connectivity index (χ4v) is 2.30. The summed E-state index contributed by atoms with van der Waals surface area (Å²) in [5, 5.41) is 22.4. The van der Waals surface area contributed by atoms with Gasteiger partial charge < -0.3 is 10.4 Å². The van der Waals surface area contributed by atoms with Crippen molar-refractivity contribution in [2.45, 2.75) is 23.8 Å². The van der Waals surface area contributed by atoms with Gasteiger partial charge in [-0.25, -0.2) is 4.79 Å². The van der Waals surface area contributed by atoms with Crippen molar-refractivity contribution in [1.82, 2.24) is 5.32 Å². The van der Waals surface area contributed by atoms with Crippen LogP contribution in [0.15, 0.2) is 35.7 Å². The van der Waals surface area contributed by atoms with Gasteiger partial charge in [0, 0.05) is 11.6 Å². The third-order valence-corrected chi connectivity index (χ3v) is 3.69. The van der Waals surface area contributed by atoms with E-state index in [1.165, 1.54) is 23.9 Å². The molecule has 0 aliphatic carbocycles. The summed E-state index contributed by atoms with van der Waals surface area (Å²) in [6.07, 6.45) is 3.89. The number of hydrogen-bond donors (Lipinski definition) is 2. The smallest absolute Gasteiger partial charge is 0.326 e. The third kappa shape index (κ3) is 4.59. The summed E-state index contributed by atoms with van der Waals surface area (Å²) < 4.78 is 0. The zero-order valence-electron chi connectivity index (χ0n) is 11.9. The van der Waals surface area contributed by atoms with E-state index >= 15 is 0 Å². The molecule has 8 heteroatoms. The molecule has 1 atom stereocenters. The molecule has 0 aromatic heterocycles. The Labute approximate surface area is 131 Å². The second-order valence-electron chi connectivity index (χ2n) is 4.37. The number of hydrogen-bond acceptors (Lipinski definition) is 5. The van der Waals surface area contributed by atoms with Crippen molar-refractivity contribution in [3.63, 3.8) is 0 Å². The summed E-state index contributed by atoms with van der Waals surface area (Å²) in [5.74, 6) is -1.82. The van der Waals surface area contributed by atoms with E-state index in [2.05, 4.69) is 11.9 Å². The van der Waals surface area contributed by atoms with Crippen LogP contribution >= 0.6 is 11.8 Å². The Balaban J connectivity index is 2.97. The summed E-state index contributed by atoms with van der Waals surface area (Å²) in [6, 6.07) is 2.98. The van der Waals surface area contributed by atoms with Crippen LogP contribution in [0.3, 0.4) is 0 Å². The van der Waals surface area contributed by atoms with Gasteiger partial charge in [-0.1, -0.05) is 6.08 Å². The van der Waals surface area contributed by atoms with E-state index < -0.39 is 22.8 Å². The van der Waals surface area contributed by atoms with E-state index in [1.807, 2.05) is 0 Å². The normalized spacial score (nSPS) is 11.5. The van der Waals surface area contributed by atoms with Crippen LogP contribution in [0.4, 0.5) is 5.69 Å². The molecular formula is C14H16N2O5S. The molecule has 118 valence electrons. The second-order valence-corrected chi connectivity index (χ2v) is 5.22. The molecule has 0 saturated carbocycles. The van der Waals surface area contributed by atoms with Crippen LogP contribution in [-0.2, 0) is 4.79 Å². The number of nitro benzene ring substituents is 1. The van der Waals surface area contributed by atoms with Crippen LogP contribution < -0.4 is 5.32 Å². The number of nitro groups is 1. The molecule has 1 rings (SSSR count). The Morgan fingerprint density at radius 3 is 2.73 bits per heavy atom. The van der Waals surface area contributed by atoms with Crippen LogP contribution in [0.1, 0.15) is 23.2 Å². The topological polar surface area (TPSA) is 110 Å². The minimum atomic E-state index is -1.16. The third-order valence-electron chi connectivity index (χ3n) is 2.90. The first-order chi connectivity index (χ1) is 10.4. The average molecular weight is 324 g/mol. The van der Waals surface area contributed by atoms with Gasteiger partial charge in [-0.2, -0.15) is 0 Å². The minimum absolute atomic E-state index is 0.0503. The van der Waals surface area contributed by atoms with E-state index in [0.717, 1.165) is 6.07 Å². The maximum Gasteiger partial charge on any atom is 0.326 e. The molecule has 1 aromatic carbocycles. The SMILES string of the molecule is C=CCCC(NC(=O)c1ccc(SC)c([N+](=O)[O-])c1)C(=O)O.